The van der Waals surface area contributed by atoms with Crippen LogP contribution in [0.2, 0.25) is 0 Å². The summed E-state index contributed by atoms with van der Waals surface area (Å²) in [5, 5.41) is 3.14. The number of hydrogen-bond donors (Lipinski definition) is 1. The van der Waals surface area contributed by atoms with Crippen molar-refractivity contribution in [3.05, 3.63) is 106 Å². The highest BCUT2D eigenvalue weighted by Gasteiger charge is 2.28. The molecule has 0 aliphatic carbocycles. The maximum atomic E-state index is 13.7. The van der Waals surface area contributed by atoms with E-state index in [1.165, 1.54) is 11.1 Å². The van der Waals surface area contributed by atoms with Crippen molar-refractivity contribution in [2.45, 2.75) is 39.2 Å². The van der Waals surface area contributed by atoms with E-state index in [0.29, 0.717) is 44.8 Å². The van der Waals surface area contributed by atoms with Crippen LogP contribution in [0.5, 0.6) is 0 Å². The van der Waals surface area contributed by atoms with Crippen LogP contribution >= 0.6 is 0 Å². The number of carbonyl (C=O) groups is 1. The second-order valence-corrected chi connectivity index (χ2v) is 10.1. The van der Waals surface area contributed by atoms with Crippen LogP contribution in [0.4, 0.5) is 5.82 Å². The van der Waals surface area contributed by atoms with Gasteiger partial charge in [-0.1, -0.05) is 79.2 Å². The highest BCUT2D eigenvalue weighted by molar-refractivity contribution is 5.79. The number of nitrogens with zero attached hydrogens (tertiary/aromatic N) is 3. The molecule has 1 aromatic heterocycles. The minimum atomic E-state index is -0.0844. The first kappa shape index (κ1) is 24.8. The fourth-order valence-electron chi connectivity index (χ4n) is 5.07. The molecule has 2 heterocycles. The smallest absolute Gasteiger partial charge is 0.294 e. The first-order valence-corrected chi connectivity index (χ1v) is 13.1. The lowest BCUT2D eigenvalue weighted by molar-refractivity contribution is -0.125. The predicted molar refractivity (Wildman–Crippen MR) is 149 cm³/mol. The summed E-state index contributed by atoms with van der Waals surface area (Å²) in [6.07, 6.45) is 1.41. The van der Waals surface area contributed by atoms with E-state index in [1.54, 1.807) is 0 Å². The lowest BCUT2D eigenvalue weighted by Gasteiger charge is -2.32. The van der Waals surface area contributed by atoms with Gasteiger partial charge in [0.25, 0.3) is 5.56 Å². The van der Waals surface area contributed by atoms with Crippen molar-refractivity contribution < 1.29 is 4.79 Å². The van der Waals surface area contributed by atoms with Crippen LogP contribution in [-0.4, -0.2) is 35.1 Å². The van der Waals surface area contributed by atoms with Gasteiger partial charge < -0.3 is 10.2 Å². The molecule has 5 rings (SSSR count). The average Bonchev–Trinajstić information content (AvgIpc) is 2.94. The molecule has 0 radical (unpaired) electrons. The Bertz CT molecular complexity index is 1420. The number of para-hydroxylation sites is 2. The van der Waals surface area contributed by atoms with E-state index in [-0.39, 0.29) is 23.3 Å². The third-order valence-corrected chi connectivity index (χ3v) is 7.41. The molecule has 1 fully saturated rings. The molecule has 0 unspecified atom stereocenters. The van der Waals surface area contributed by atoms with Crippen molar-refractivity contribution in [1.29, 1.82) is 0 Å². The fraction of sp³-hybridized carbons (Fsp3) is 0.323. The summed E-state index contributed by atoms with van der Waals surface area (Å²) < 4.78 is 1.83. The quantitative estimate of drug-likeness (QED) is 0.397. The number of anilines is 1. The van der Waals surface area contributed by atoms with E-state index >= 15 is 0 Å². The number of aromatic nitrogens is 2. The zero-order chi connectivity index (χ0) is 25.8. The van der Waals surface area contributed by atoms with Crippen LogP contribution in [0.1, 0.15) is 42.4 Å². The van der Waals surface area contributed by atoms with Gasteiger partial charge in [-0.3, -0.25) is 14.2 Å². The second-order valence-electron chi connectivity index (χ2n) is 10.1. The van der Waals surface area contributed by atoms with Gasteiger partial charge in [0, 0.05) is 25.6 Å². The van der Waals surface area contributed by atoms with Crippen LogP contribution in [-0.2, 0) is 11.3 Å². The summed E-state index contributed by atoms with van der Waals surface area (Å²) in [6.45, 7) is 6.58. The Hall–Kier alpha value is -3.93. The molecule has 3 aromatic carbocycles. The zero-order valence-corrected chi connectivity index (χ0v) is 21.6. The molecular formula is C31H34N4O2. The van der Waals surface area contributed by atoms with Gasteiger partial charge in [0.05, 0.1) is 17.6 Å². The summed E-state index contributed by atoms with van der Waals surface area (Å²) in [6, 6.07) is 26.3. The molecule has 1 aliphatic rings. The van der Waals surface area contributed by atoms with Crippen molar-refractivity contribution >= 4 is 22.8 Å². The SMILES string of the molecule is Cc1ccc(Cn2c(=O)c(N3CCC(C(=O)NC[C@H](C)c4ccccc4)CC3)nc3ccccc32)cc1. The van der Waals surface area contributed by atoms with E-state index in [2.05, 4.69) is 60.5 Å². The molecule has 1 atom stereocenters. The summed E-state index contributed by atoms with van der Waals surface area (Å²) in [4.78, 5) is 33.4. The van der Waals surface area contributed by atoms with E-state index in [9.17, 15) is 9.59 Å². The molecule has 1 aliphatic heterocycles. The zero-order valence-electron chi connectivity index (χ0n) is 21.6. The van der Waals surface area contributed by atoms with Crippen LogP contribution in [0, 0.1) is 12.8 Å². The van der Waals surface area contributed by atoms with Crippen molar-refractivity contribution in [2.75, 3.05) is 24.5 Å². The van der Waals surface area contributed by atoms with Crippen LogP contribution < -0.4 is 15.8 Å². The van der Waals surface area contributed by atoms with Crippen molar-refractivity contribution in [3.63, 3.8) is 0 Å². The lowest BCUT2D eigenvalue weighted by atomic mass is 9.95. The van der Waals surface area contributed by atoms with Gasteiger partial charge in [-0.15, -0.1) is 0 Å². The van der Waals surface area contributed by atoms with Crippen molar-refractivity contribution in [3.8, 4) is 0 Å². The largest absolute Gasteiger partial charge is 0.355 e. The fourth-order valence-corrected chi connectivity index (χ4v) is 5.07. The van der Waals surface area contributed by atoms with Crippen LogP contribution in [0.15, 0.2) is 83.7 Å². The van der Waals surface area contributed by atoms with Gasteiger partial charge in [-0.2, -0.15) is 0 Å². The molecule has 4 aromatic rings. The molecule has 1 saturated heterocycles. The van der Waals surface area contributed by atoms with Gasteiger partial charge in [-0.05, 0) is 48.9 Å². The number of fused-ring (bicyclic) bond motifs is 1. The number of piperidine rings is 1. The van der Waals surface area contributed by atoms with E-state index in [1.807, 2.05) is 47.0 Å². The normalized spacial score (nSPS) is 15.0. The number of rotatable bonds is 7. The molecular weight excluding hydrogens is 460 g/mol. The predicted octanol–water partition coefficient (Wildman–Crippen LogP) is 4.89. The van der Waals surface area contributed by atoms with Gasteiger partial charge in [0.2, 0.25) is 5.91 Å². The lowest BCUT2D eigenvalue weighted by Crippen LogP contribution is -2.43. The number of nitrogens with one attached hydrogen (secondary N) is 1. The van der Waals surface area contributed by atoms with E-state index in [4.69, 9.17) is 4.98 Å². The highest BCUT2D eigenvalue weighted by Crippen LogP contribution is 2.23. The molecule has 6 heteroatoms. The minimum Gasteiger partial charge on any atom is -0.355 e. The Labute approximate surface area is 218 Å². The third kappa shape index (κ3) is 5.58. The standard InChI is InChI=1S/C31H34N4O2/c1-22-12-14-24(15-13-22)21-35-28-11-7-6-10-27(28)33-29(31(35)37)34-18-16-26(17-19-34)30(36)32-20-23(2)25-8-4-3-5-9-25/h3-15,23,26H,16-21H2,1-2H3,(H,32,36)/t23-/m0/s1. The Morgan fingerprint density at radius 2 is 1.65 bits per heavy atom. The Morgan fingerprint density at radius 3 is 2.38 bits per heavy atom. The van der Waals surface area contributed by atoms with Gasteiger partial charge >= 0.3 is 0 Å². The second kappa shape index (κ2) is 11.0. The molecule has 37 heavy (non-hydrogen) atoms. The van der Waals surface area contributed by atoms with E-state index < -0.39 is 0 Å². The summed E-state index contributed by atoms with van der Waals surface area (Å²) in [5.41, 5.74) is 5.05. The maximum absolute atomic E-state index is 13.7. The number of amides is 1. The first-order chi connectivity index (χ1) is 18.0. The van der Waals surface area contributed by atoms with Crippen molar-refractivity contribution in [2.24, 2.45) is 5.92 Å². The Morgan fingerprint density at radius 1 is 0.973 bits per heavy atom. The molecule has 0 spiro atoms. The molecule has 0 saturated carbocycles. The Kier molecular flexibility index (Phi) is 7.35. The summed E-state index contributed by atoms with van der Waals surface area (Å²) >= 11 is 0. The van der Waals surface area contributed by atoms with Crippen LogP contribution in [0.3, 0.4) is 0 Å². The molecule has 6 nitrogen and oxygen atoms in total. The van der Waals surface area contributed by atoms with Gasteiger partial charge in [0.1, 0.15) is 0 Å². The molecule has 1 amide bonds. The number of aryl methyl sites for hydroxylation is 1. The number of carbonyl (C=O) groups excluding carboxylic acids is 1. The highest BCUT2D eigenvalue weighted by atomic mass is 16.2. The first-order valence-electron chi connectivity index (χ1n) is 13.1. The van der Waals surface area contributed by atoms with Crippen LogP contribution in [0.25, 0.3) is 11.0 Å². The topological polar surface area (TPSA) is 67.2 Å². The summed E-state index contributed by atoms with van der Waals surface area (Å²) in [5.74, 6) is 0.793. The maximum Gasteiger partial charge on any atom is 0.294 e. The molecule has 0 bridgehead atoms. The molecule has 190 valence electrons. The average molecular weight is 495 g/mol. The Balaban J connectivity index is 1.28. The van der Waals surface area contributed by atoms with Crippen molar-refractivity contribution in [1.82, 2.24) is 14.9 Å². The minimum absolute atomic E-state index is 0.0468. The number of hydrogen-bond acceptors (Lipinski definition) is 4. The third-order valence-electron chi connectivity index (χ3n) is 7.41. The van der Waals surface area contributed by atoms with Gasteiger partial charge in [0.15, 0.2) is 5.82 Å². The monoisotopic (exact) mass is 494 g/mol. The molecule has 1 N–H and O–H groups in total. The van der Waals surface area contributed by atoms with E-state index in [0.717, 1.165) is 16.6 Å². The summed E-state index contributed by atoms with van der Waals surface area (Å²) in [7, 11) is 0. The van der Waals surface area contributed by atoms with Gasteiger partial charge in [-0.25, -0.2) is 4.98 Å². The number of benzene rings is 3.